The summed E-state index contributed by atoms with van der Waals surface area (Å²) < 4.78 is 39.5. The third-order valence-corrected chi connectivity index (χ3v) is 2.92. The molecule has 0 aliphatic carbocycles. The summed E-state index contributed by atoms with van der Waals surface area (Å²) in [5, 5.41) is 3.10. The fourth-order valence-corrected chi connectivity index (χ4v) is 2.07. The van der Waals surface area contributed by atoms with Gasteiger partial charge in [0.25, 0.3) is 0 Å². The van der Waals surface area contributed by atoms with Crippen LogP contribution in [0.1, 0.15) is 24.9 Å². The van der Waals surface area contributed by atoms with Gasteiger partial charge in [0.2, 0.25) is 0 Å². The smallest absolute Gasteiger partial charge is 0.302 e. The van der Waals surface area contributed by atoms with E-state index in [2.05, 4.69) is 10.3 Å². The highest BCUT2D eigenvalue weighted by atomic mass is 19.4. The number of halogens is 3. The fourth-order valence-electron chi connectivity index (χ4n) is 2.07. The molecule has 0 amide bonds. The van der Waals surface area contributed by atoms with Crippen LogP contribution >= 0.6 is 0 Å². The highest BCUT2D eigenvalue weighted by molar-refractivity contribution is 5.82. The topological polar surface area (TPSA) is 24.9 Å². The predicted octanol–water partition coefficient (Wildman–Crippen LogP) is 3.84. The van der Waals surface area contributed by atoms with Crippen molar-refractivity contribution in [3.05, 3.63) is 42.1 Å². The van der Waals surface area contributed by atoms with Gasteiger partial charge < -0.3 is 5.32 Å². The quantitative estimate of drug-likeness (QED) is 0.911. The molecule has 2 rings (SSSR count). The Kier molecular flexibility index (Phi) is 4.04. The van der Waals surface area contributed by atoms with E-state index >= 15 is 0 Å². The van der Waals surface area contributed by atoms with Crippen molar-refractivity contribution in [1.29, 1.82) is 0 Å². The highest BCUT2D eigenvalue weighted by Crippen LogP contribution is 2.35. The minimum Gasteiger partial charge on any atom is -0.302 e. The van der Waals surface area contributed by atoms with E-state index in [1.807, 2.05) is 6.92 Å². The van der Waals surface area contributed by atoms with E-state index in [-0.39, 0.29) is 5.56 Å². The van der Waals surface area contributed by atoms with Gasteiger partial charge in [-0.3, -0.25) is 4.98 Å². The van der Waals surface area contributed by atoms with Crippen molar-refractivity contribution < 1.29 is 13.2 Å². The number of nitrogens with zero attached hydrogens (tertiary/aromatic N) is 1. The lowest BCUT2D eigenvalue weighted by Gasteiger charge is -2.23. The van der Waals surface area contributed by atoms with Gasteiger partial charge in [0, 0.05) is 11.6 Å². The predicted molar refractivity (Wildman–Crippen MR) is 68.8 cm³/mol. The van der Waals surface area contributed by atoms with Crippen LogP contribution in [-0.4, -0.2) is 17.7 Å². The maximum atomic E-state index is 13.2. The van der Waals surface area contributed by atoms with Crippen molar-refractivity contribution >= 4 is 10.9 Å². The van der Waals surface area contributed by atoms with E-state index in [9.17, 15) is 13.2 Å². The zero-order valence-electron chi connectivity index (χ0n) is 10.5. The number of benzene rings is 1. The number of alkyl halides is 3. The minimum atomic E-state index is -4.32. The lowest BCUT2D eigenvalue weighted by Crippen LogP contribution is -2.34. The molecular weight excluding hydrogens is 253 g/mol. The Hall–Kier alpha value is -1.62. The van der Waals surface area contributed by atoms with Crippen LogP contribution in [0.25, 0.3) is 10.9 Å². The zero-order chi connectivity index (χ0) is 13.9. The SMILES string of the molecule is CCCNC(c1cccc2ncccc12)C(F)(F)F. The summed E-state index contributed by atoms with van der Waals surface area (Å²) in [6.07, 6.45) is -2.09. The first kappa shape index (κ1) is 13.8. The van der Waals surface area contributed by atoms with E-state index in [0.717, 1.165) is 0 Å². The Bertz CT molecular complexity index is 546. The molecule has 1 N–H and O–H groups in total. The summed E-state index contributed by atoms with van der Waals surface area (Å²) in [6, 6.07) is 6.50. The molecule has 2 aromatic rings. The highest BCUT2D eigenvalue weighted by Gasteiger charge is 2.40. The molecule has 1 heterocycles. The van der Waals surface area contributed by atoms with E-state index in [1.165, 1.54) is 6.07 Å². The van der Waals surface area contributed by atoms with Gasteiger partial charge in [0.05, 0.1) is 5.52 Å². The third-order valence-electron chi connectivity index (χ3n) is 2.92. The molecule has 2 nitrogen and oxygen atoms in total. The second kappa shape index (κ2) is 5.57. The second-order valence-electron chi connectivity index (χ2n) is 4.35. The first-order valence-corrected chi connectivity index (χ1v) is 6.17. The molecule has 19 heavy (non-hydrogen) atoms. The fraction of sp³-hybridized carbons (Fsp3) is 0.357. The van der Waals surface area contributed by atoms with Crippen LogP contribution in [0.5, 0.6) is 0 Å². The molecular formula is C14H15F3N2. The molecule has 0 spiro atoms. The summed E-state index contributed by atoms with van der Waals surface area (Å²) in [5.74, 6) is 0. The molecule has 1 unspecified atom stereocenters. The zero-order valence-corrected chi connectivity index (χ0v) is 10.5. The van der Waals surface area contributed by atoms with Crippen molar-refractivity contribution in [3.63, 3.8) is 0 Å². The van der Waals surface area contributed by atoms with Gasteiger partial charge >= 0.3 is 6.18 Å². The van der Waals surface area contributed by atoms with Crippen LogP contribution in [0.2, 0.25) is 0 Å². The summed E-state index contributed by atoms with van der Waals surface area (Å²) in [4.78, 5) is 4.09. The molecule has 102 valence electrons. The molecule has 1 atom stereocenters. The Morgan fingerprint density at radius 2 is 2.00 bits per heavy atom. The minimum absolute atomic E-state index is 0.228. The molecule has 5 heteroatoms. The van der Waals surface area contributed by atoms with Crippen LogP contribution in [-0.2, 0) is 0 Å². The van der Waals surface area contributed by atoms with Crippen molar-refractivity contribution in [1.82, 2.24) is 10.3 Å². The normalized spacial score (nSPS) is 13.7. The number of pyridine rings is 1. The summed E-state index contributed by atoms with van der Waals surface area (Å²) >= 11 is 0. The Morgan fingerprint density at radius 1 is 1.21 bits per heavy atom. The lowest BCUT2D eigenvalue weighted by atomic mass is 10.0. The molecule has 0 aliphatic rings. The lowest BCUT2D eigenvalue weighted by molar-refractivity contribution is -0.157. The summed E-state index contributed by atoms with van der Waals surface area (Å²) in [7, 11) is 0. The molecule has 0 saturated carbocycles. The van der Waals surface area contributed by atoms with Crippen LogP contribution in [0.15, 0.2) is 36.5 Å². The molecule has 1 aromatic heterocycles. The maximum absolute atomic E-state index is 13.2. The third kappa shape index (κ3) is 3.04. The van der Waals surface area contributed by atoms with Gasteiger partial charge in [-0.05, 0) is 30.7 Å². The standard InChI is InChI=1S/C14H15F3N2/c1-2-8-19-13(14(15,16)17)11-5-3-7-12-10(11)6-4-9-18-12/h3-7,9,13,19H,2,8H2,1H3. The van der Waals surface area contributed by atoms with Gasteiger partial charge in [-0.15, -0.1) is 0 Å². The number of nitrogens with one attached hydrogen (secondary N) is 1. The largest absolute Gasteiger partial charge is 0.407 e. The average Bonchev–Trinajstić information content (AvgIpc) is 2.38. The van der Waals surface area contributed by atoms with Crippen molar-refractivity contribution in [2.45, 2.75) is 25.6 Å². The number of fused-ring (bicyclic) bond motifs is 1. The van der Waals surface area contributed by atoms with E-state index in [4.69, 9.17) is 0 Å². The Balaban J connectivity index is 2.49. The maximum Gasteiger partial charge on any atom is 0.407 e. The van der Waals surface area contributed by atoms with Crippen LogP contribution in [0.4, 0.5) is 13.2 Å². The number of rotatable bonds is 4. The van der Waals surface area contributed by atoms with Gasteiger partial charge in [0.1, 0.15) is 6.04 Å². The average molecular weight is 268 g/mol. The molecule has 0 fully saturated rings. The van der Waals surface area contributed by atoms with Crippen LogP contribution in [0, 0.1) is 0 Å². The van der Waals surface area contributed by atoms with Crippen molar-refractivity contribution in [3.8, 4) is 0 Å². The number of aromatic nitrogens is 1. The molecule has 1 aromatic carbocycles. The molecule has 0 bridgehead atoms. The van der Waals surface area contributed by atoms with Crippen molar-refractivity contribution in [2.24, 2.45) is 0 Å². The molecule has 0 aliphatic heterocycles. The molecule has 0 radical (unpaired) electrons. The first-order chi connectivity index (χ1) is 9.04. The monoisotopic (exact) mass is 268 g/mol. The molecule has 0 saturated heterocycles. The van der Waals surface area contributed by atoms with Gasteiger partial charge in [-0.1, -0.05) is 25.1 Å². The van der Waals surface area contributed by atoms with Crippen LogP contribution < -0.4 is 5.32 Å². The summed E-state index contributed by atoms with van der Waals surface area (Å²) in [6.45, 7) is 2.16. The number of hydrogen-bond acceptors (Lipinski definition) is 2. The summed E-state index contributed by atoms with van der Waals surface area (Å²) in [5.41, 5.74) is 0.805. The van der Waals surface area contributed by atoms with Crippen LogP contribution in [0.3, 0.4) is 0 Å². The van der Waals surface area contributed by atoms with E-state index in [1.54, 1.807) is 30.5 Å². The number of hydrogen-bond donors (Lipinski definition) is 1. The Morgan fingerprint density at radius 3 is 2.68 bits per heavy atom. The van der Waals surface area contributed by atoms with Gasteiger partial charge in [-0.25, -0.2) is 0 Å². The van der Waals surface area contributed by atoms with E-state index < -0.39 is 12.2 Å². The van der Waals surface area contributed by atoms with Gasteiger partial charge in [-0.2, -0.15) is 13.2 Å². The van der Waals surface area contributed by atoms with Crippen molar-refractivity contribution in [2.75, 3.05) is 6.54 Å². The van der Waals surface area contributed by atoms with Gasteiger partial charge in [0.15, 0.2) is 0 Å². The first-order valence-electron chi connectivity index (χ1n) is 6.17. The Labute approximate surface area is 109 Å². The van der Waals surface area contributed by atoms with E-state index in [0.29, 0.717) is 23.9 Å². The second-order valence-corrected chi connectivity index (χ2v) is 4.35.